The number of carboxylic acid groups (broad SMARTS) is 1. The number of carbonyl (C=O) groups excluding carboxylic acids is 1. The Morgan fingerprint density at radius 3 is 2.66 bits per heavy atom. The molecule has 1 aliphatic rings. The van der Waals surface area contributed by atoms with Gasteiger partial charge in [0.05, 0.1) is 11.4 Å². The minimum atomic E-state index is -1.00. The summed E-state index contributed by atoms with van der Waals surface area (Å²) in [5, 5.41) is 8.94. The van der Waals surface area contributed by atoms with Crippen LogP contribution in [0.1, 0.15) is 6.42 Å². The molecule has 156 valence electrons. The molecule has 2 amide bonds. The number of anilines is 1. The second-order valence-electron chi connectivity index (χ2n) is 6.27. The fourth-order valence-electron chi connectivity index (χ4n) is 2.85. The Kier molecular flexibility index (Phi) is 7.60. The maximum atomic E-state index is 13.8. The minimum absolute atomic E-state index is 0. The van der Waals surface area contributed by atoms with Crippen molar-refractivity contribution in [1.82, 2.24) is 9.88 Å². The number of nitrogens with two attached hydrogens (primary N) is 1. The van der Waals surface area contributed by atoms with Crippen LogP contribution >= 0.6 is 24.0 Å². The third-order valence-electron chi connectivity index (χ3n) is 4.12. The minimum Gasteiger partial charge on any atom is -0.481 e. The van der Waals surface area contributed by atoms with Crippen molar-refractivity contribution in [3.05, 3.63) is 47.4 Å². The Morgan fingerprint density at radius 2 is 2.03 bits per heavy atom. The molecule has 0 spiro atoms. The second kappa shape index (κ2) is 9.73. The first-order valence-corrected chi connectivity index (χ1v) is 8.84. The molecule has 0 saturated carbocycles. The second-order valence-corrected chi connectivity index (χ2v) is 6.71. The van der Waals surface area contributed by atoms with Gasteiger partial charge >= 0.3 is 12.0 Å². The average Bonchev–Trinajstić information content (AvgIpc) is 2.98. The lowest BCUT2D eigenvalue weighted by molar-refractivity contribution is -0.137. The summed E-state index contributed by atoms with van der Waals surface area (Å²) >= 11 is 5.66. The molecule has 1 atom stereocenters. The third kappa shape index (κ3) is 5.69. The van der Waals surface area contributed by atoms with Crippen LogP contribution in [-0.2, 0) is 4.79 Å². The number of halogens is 3. The fraction of sp³-hybridized carbons (Fsp3) is 0.278. The molecule has 0 radical (unpaired) electrons. The Morgan fingerprint density at radius 1 is 1.34 bits per heavy atom. The number of amides is 2. The Labute approximate surface area is 177 Å². The summed E-state index contributed by atoms with van der Waals surface area (Å²) in [6, 6.07) is 6.75. The number of nitrogens with zero attached hydrogens (tertiary/aromatic N) is 3. The summed E-state index contributed by atoms with van der Waals surface area (Å²) in [4.78, 5) is 30.1. The van der Waals surface area contributed by atoms with Crippen LogP contribution in [0.25, 0.3) is 0 Å². The predicted octanol–water partition coefficient (Wildman–Crippen LogP) is 3.13. The first-order valence-electron chi connectivity index (χ1n) is 8.46. The summed E-state index contributed by atoms with van der Waals surface area (Å²) < 4.78 is 19.1. The van der Waals surface area contributed by atoms with E-state index in [0.29, 0.717) is 24.5 Å². The molecule has 3 N–H and O–H groups in total. The third-order valence-corrected chi connectivity index (χ3v) is 4.33. The molecular weight excluding hydrogens is 426 g/mol. The normalized spacial score (nSPS) is 14.5. The van der Waals surface area contributed by atoms with Crippen molar-refractivity contribution < 1.29 is 23.8 Å². The van der Waals surface area contributed by atoms with E-state index in [0.717, 1.165) is 6.07 Å². The van der Waals surface area contributed by atoms with E-state index in [1.54, 1.807) is 29.2 Å². The van der Waals surface area contributed by atoms with Gasteiger partial charge in [-0.1, -0.05) is 11.6 Å². The molecular formula is C18H19Cl2FN4O4. The van der Waals surface area contributed by atoms with Crippen LogP contribution < -0.4 is 15.4 Å². The van der Waals surface area contributed by atoms with Crippen LogP contribution in [0.5, 0.6) is 11.6 Å². The smallest absolute Gasteiger partial charge is 0.324 e. The van der Waals surface area contributed by atoms with Crippen molar-refractivity contribution in [1.29, 1.82) is 0 Å². The molecule has 1 unspecified atom stereocenters. The molecule has 11 heteroatoms. The first-order chi connectivity index (χ1) is 13.3. The number of aliphatic carboxylic acids is 1. The van der Waals surface area contributed by atoms with Gasteiger partial charge in [-0.3, -0.25) is 9.69 Å². The maximum absolute atomic E-state index is 13.8. The Hall–Kier alpha value is -2.62. The quantitative estimate of drug-likeness (QED) is 0.678. The number of carboxylic acids is 1. The highest BCUT2D eigenvalue weighted by Gasteiger charge is 2.30. The maximum Gasteiger partial charge on any atom is 0.324 e. The monoisotopic (exact) mass is 444 g/mol. The van der Waals surface area contributed by atoms with E-state index in [1.807, 2.05) is 0 Å². The Balaban J connectivity index is 0.00000300. The summed E-state index contributed by atoms with van der Waals surface area (Å²) in [7, 11) is 0. The van der Waals surface area contributed by atoms with E-state index in [1.165, 1.54) is 11.1 Å². The number of ether oxygens (including phenoxy) is 1. The number of benzene rings is 1. The highest BCUT2D eigenvalue weighted by atomic mass is 35.5. The van der Waals surface area contributed by atoms with Gasteiger partial charge < -0.3 is 20.5 Å². The average molecular weight is 445 g/mol. The highest BCUT2D eigenvalue weighted by Crippen LogP contribution is 2.27. The number of aromatic nitrogens is 1. The van der Waals surface area contributed by atoms with Crippen molar-refractivity contribution in [3.63, 3.8) is 0 Å². The summed E-state index contributed by atoms with van der Waals surface area (Å²) in [5.74, 6) is -1.53. The van der Waals surface area contributed by atoms with Gasteiger partial charge in [0.2, 0.25) is 0 Å². The molecule has 1 fully saturated rings. The van der Waals surface area contributed by atoms with Crippen molar-refractivity contribution in [2.75, 3.05) is 24.5 Å². The van der Waals surface area contributed by atoms with Crippen LogP contribution in [0.4, 0.5) is 14.9 Å². The van der Waals surface area contributed by atoms with Crippen molar-refractivity contribution >= 4 is 41.7 Å². The van der Waals surface area contributed by atoms with Crippen molar-refractivity contribution in [3.8, 4) is 11.6 Å². The lowest BCUT2D eigenvalue weighted by Gasteiger charge is -2.21. The number of pyridine rings is 1. The lowest BCUT2D eigenvalue weighted by atomic mass is 10.2. The fourth-order valence-corrected chi connectivity index (χ4v) is 2.99. The summed E-state index contributed by atoms with van der Waals surface area (Å²) in [6.07, 6.45) is 1.08. The largest absolute Gasteiger partial charge is 0.481 e. The molecule has 29 heavy (non-hydrogen) atoms. The molecule has 8 nitrogen and oxygen atoms in total. The molecule has 0 aliphatic carbocycles. The van der Waals surface area contributed by atoms with Crippen LogP contribution in [0, 0.1) is 5.82 Å². The molecule has 1 aliphatic heterocycles. The zero-order valence-electron chi connectivity index (χ0n) is 15.1. The number of hydrogen-bond acceptors (Lipinski definition) is 5. The van der Waals surface area contributed by atoms with Crippen LogP contribution in [0.15, 0.2) is 36.5 Å². The van der Waals surface area contributed by atoms with Crippen molar-refractivity contribution in [2.24, 2.45) is 5.73 Å². The molecule has 2 aromatic rings. The van der Waals surface area contributed by atoms with Gasteiger partial charge in [-0.05, 0) is 30.3 Å². The molecule has 3 rings (SSSR count). The van der Waals surface area contributed by atoms with E-state index in [4.69, 9.17) is 27.2 Å². The Bertz CT molecular complexity index is 885. The van der Waals surface area contributed by atoms with E-state index in [2.05, 4.69) is 4.98 Å². The molecule has 1 aromatic heterocycles. The number of urea groups is 1. The number of rotatable bonds is 7. The van der Waals surface area contributed by atoms with Gasteiger partial charge in [-0.2, -0.15) is 0 Å². The molecule has 2 heterocycles. The van der Waals surface area contributed by atoms with Crippen molar-refractivity contribution in [2.45, 2.75) is 12.5 Å². The highest BCUT2D eigenvalue weighted by molar-refractivity contribution is 6.30. The van der Waals surface area contributed by atoms with Crippen LogP contribution in [0.2, 0.25) is 5.02 Å². The van der Waals surface area contributed by atoms with Gasteiger partial charge in [0.1, 0.15) is 5.75 Å². The van der Waals surface area contributed by atoms with Gasteiger partial charge in [0.25, 0.3) is 5.88 Å². The van der Waals surface area contributed by atoms with E-state index in [-0.39, 0.29) is 42.3 Å². The van der Waals surface area contributed by atoms with Gasteiger partial charge in [-0.25, -0.2) is 14.2 Å². The SMILES string of the molecule is Cl.NC(CC(=O)O)CN1CCN(c2ccc(Oc3ncc(Cl)cc3F)cc2)C1=O. The van der Waals surface area contributed by atoms with Gasteiger partial charge in [-0.15, -0.1) is 12.4 Å². The first kappa shape index (κ1) is 22.7. The number of carbonyl (C=O) groups is 2. The van der Waals surface area contributed by atoms with E-state index >= 15 is 0 Å². The van der Waals surface area contributed by atoms with E-state index in [9.17, 15) is 14.0 Å². The summed E-state index contributed by atoms with van der Waals surface area (Å²) in [5.41, 5.74) is 6.40. The molecule has 1 saturated heterocycles. The van der Waals surface area contributed by atoms with Crippen LogP contribution in [0.3, 0.4) is 0 Å². The standard InChI is InChI=1S/C18H18ClFN4O4.ClH/c19-11-7-15(20)17(22-9-11)28-14-3-1-13(2-4-14)24-6-5-23(18(24)27)10-12(21)8-16(25)26;/h1-4,7,9,12H,5-6,8,10,21H2,(H,25,26);1H. The molecule has 1 aromatic carbocycles. The van der Waals surface area contributed by atoms with Crippen LogP contribution in [-0.4, -0.2) is 52.7 Å². The topological polar surface area (TPSA) is 109 Å². The van der Waals surface area contributed by atoms with E-state index < -0.39 is 17.8 Å². The zero-order chi connectivity index (χ0) is 20.3. The van der Waals surface area contributed by atoms with Gasteiger partial charge in [0.15, 0.2) is 5.82 Å². The number of hydrogen-bond donors (Lipinski definition) is 2. The van der Waals surface area contributed by atoms with Gasteiger partial charge in [0, 0.05) is 37.6 Å². The predicted molar refractivity (Wildman–Crippen MR) is 108 cm³/mol. The zero-order valence-corrected chi connectivity index (χ0v) is 16.7. The molecule has 0 bridgehead atoms. The summed E-state index contributed by atoms with van der Waals surface area (Å²) in [6.45, 7) is 1.07. The lowest BCUT2D eigenvalue weighted by Crippen LogP contribution is -2.41.